The maximum absolute atomic E-state index is 10.3. The number of hydrogen-bond acceptors (Lipinski definition) is 4. The van der Waals surface area contributed by atoms with Crippen LogP contribution in [0.5, 0.6) is 5.75 Å². The van der Waals surface area contributed by atoms with Crippen LogP contribution in [0.1, 0.15) is 12.0 Å². The Morgan fingerprint density at radius 3 is 2.24 bits per heavy atom. The van der Waals surface area contributed by atoms with Gasteiger partial charge in [-0.1, -0.05) is 48.5 Å². The van der Waals surface area contributed by atoms with E-state index in [1.165, 1.54) is 5.56 Å². The molecule has 0 aliphatic carbocycles. The van der Waals surface area contributed by atoms with Crippen molar-refractivity contribution in [2.75, 3.05) is 39.3 Å². The van der Waals surface area contributed by atoms with Crippen LogP contribution in [0.4, 0.5) is 0 Å². The fraction of sp³-hybridized carbons (Fsp3) is 0.429. The molecule has 2 aromatic carbocycles. The third kappa shape index (κ3) is 6.16. The first-order valence-corrected chi connectivity index (χ1v) is 9.14. The van der Waals surface area contributed by atoms with Gasteiger partial charge < -0.3 is 9.84 Å². The standard InChI is InChI=1S/C21H28N2O2/c24-20(18-25-21-10-5-2-6-11-21)17-23-13-7-12-22(14-15-23)16-19-8-3-1-4-9-19/h1-6,8-11,20,24H,7,12-18H2. The molecule has 2 aromatic rings. The second-order valence-corrected chi connectivity index (χ2v) is 6.69. The van der Waals surface area contributed by atoms with Gasteiger partial charge in [-0.3, -0.25) is 9.80 Å². The molecule has 1 unspecified atom stereocenters. The quantitative estimate of drug-likeness (QED) is 0.841. The van der Waals surface area contributed by atoms with Crippen LogP contribution in [-0.4, -0.2) is 60.3 Å². The Kier molecular flexibility index (Phi) is 6.86. The average molecular weight is 340 g/mol. The van der Waals surface area contributed by atoms with E-state index in [2.05, 4.69) is 40.1 Å². The number of ether oxygens (including phenoxy) is 1. The lowest BCUT2D eigenvalue weighted by Crippen LogP contribution is -2.38. The molecule has 1 aliphatic rings. The Bertz CT molecular complexity index is 606. The Labute approximate surface area is 150 Å². The number of rotatable bonds is 7. The van der Waals surface area contributed by atoms with Crippen molar-refractivity contribution in [3.05, 3.63) is 66.2 Å². The number of para-hydroxylation sites is 1. The highest BCUT2D eigenvalue weighted by Crippen LogP contribution is 2.11. The normalized spacial score (nSPS) is 17.8. The second-order valence-electron chi connectivity index (χ2n) is 6.69. The van der Waals surface area contributed by atoms with Gasteiger partial charge in [0, 0.05) is 26.2 Å². The lowest BCUT2D eigenvalue weighted by molar-refractivity contribution is 0.0693. The maximum atomic E-state index is 10.3. The van der Waals surface area contributed by atoms with E-state index in [1.807, 2.05) is 30.3 Å². The van der Waals surface area contributed by atoms with E-state index >= 15 is 0 Å². The van der Waals surface area contributed by atoms with Gasteiger partial charge in [-0.25, -0.2) is 0 Å². The maximum Gasteiger partial charge on any atom is 0.119 e. The molecule has 1 N–H and O–H groups in total. The number of β-amino-alcohol motifs (C(OH)–C–C–N with tert-alkyl or cyclic N) is 1. The monoisotopic (exact) mass is 340 g/mol. The summed E-state index contributed by atoms with van der Waals surface area (Å²) in [5.41, 5.74) is 1.37. The smallest absolute Gasteiger partial charge is 0.119 e. The van der Waals surface area contributed by atoms with Crippen LogP contribution in [0.15, 0.2) is 60.7 Å². The van der Waals surface area contributed by atoms with E-state index in [9.17, 15) is 5.11 Å². The van der Waals surface area contributed by atoms with Gasteiger partial charge in [-0.15, -0.1) is 0 Å². The highest BCUT2D eigenvalue weighted by atomic mass is 16.5. The summed E-state index contributed by atoms with van der Waals surface area (Å²) < 4.78 is 5.65. The minimum atomic E-state index is -0.458. The van der Waals surface area contributed by atoms with E-state index < -0.39 is 6.10 Å². The van der Waals surface area contributed by atoms with Gasteiger partial charge >= 0.3 is 0 Å². The van der Waals surface area contributed by atoms with Crippen LogP contribution in [0.25, 0.3) is 0 Å². The first-order valence-electron chi connectivity index (χ1n) is 9.14. The Balaban J connectivity index is 1.40. The Hall–Kier alpha value is -1.88. The summed E-state index contributed by atoms with van der Waals surface area (Å²) in [5.74, 6) is 0.812. The molecule has 3 rings (SSSR count). The summed E-state index contributed by atoms with van der Waals surface area (Å²) >= 11 is 0. The molecule has 0 aromatic heterocycles. The van der Waals surface area contributed by atoms with Crippen molar-refractivity contribution < 1.29 is 9.84 Å². The lowest BCUT2D eigenvalue weighted by Gasteiger charge is -2.24. The molecule has 0 radical (unpaired) electrons. The summed E-state index contributed by atoms with van der Waals surface area (Å²) in [5, 5.41) is 10.3. The molecule has 4 heteroatoms. The molecule has 1 fully saturated rings. The summed E-state index contributed by atoms with van der Waals surface area (Å²) in [6.45, 7) is 6.21. The van der Waals surface area contributed by atoms with Crippen LogP contribution in [0.3, 0.4) is 0 Å². The zero-order valence-corrected chi connectivity index (χ0v) is 14.8. The van der Waals surface area contributed by atoms with Crippen molar-refractivity contribution in [1.29, 1.82) is 0 Å². The average Bonchev–Trinajstić information content (AvgIpc) is 2.87. The van der Waals surface area contributed by atoms with Crippen LogP contribution < -0.4 is 4.74 Å². The van der Waals surface area contributed by atoms with E-state index in [0.717, 1.165) is 44.9 Å². The molecule has 25 heavy (non-hydrogen) atoms. The molecule has 0 bridgehead atoms. The fourth-order valence-electron chi connectivity index (χ4n) is 3.27. The van der Waals surface area contributed by atoms with Gasteiger partial charge in [0.1, 0.15) is 18.5 Å². The summed E-state index contributed by atoms with van der Waals surface area (Å²) in [6.07, 6.45) is 0.680. The molecule has 4 nitrogen and oxygen atoms in total. The van der Waals surface area contributed by atoms with Crippen molar-refractivity contribution in [2.45, 2.75) is 19.1 Å². The molecule has 0 spiro atoms. The van der Waals surface area contributed by atoms with Crippen molar-refractivity contribution >= 4 is 0 Å². The highest BCUT2D eigenvalue weighted by Gasteiger charge is 2.17. The van der Waals surface area contributed by atoms with Gasteiger partial charge in [-0.05, 0) is 37.2 Å². The number of nitrogens with zero attached hydrogens (tertiary/aromatic N) is 2. The number of hydrogen-bond donors (Lipinski definition) is 1. The first-order chi connectivity index (χ1) is 12.3. The van der Waals surface area contributed by atoms with E-state index in [-0.39, 0.29) is 0 Å². The van der Waals surface area contributed by atoms with Crippen LogP contribution in [0.2, 0.25) is 0 Å². The molecule has 1 heterocycles. The summed E-state index contributed by atoms with van der Waals surface area (Å²) in [6, 6.07) is 20.3. The Morgan fingerprint density at radius 2 is 1.48 bits per heavy atom. The van der Waals surface area contributed by atoms with E-state index in [4.69, 9.17) is 4.74 Å². The molecule has 1 atom stereocenters. The molecular formula is C21H28N2O2. The van der Waals surface area contributed by atoms with Gasteiger partial charge in [-0.2, -0.15) is 0 Å². The molecular weight excluding hydrogens is 312 g/mol. The SMILES string of the molecule is OC(COc1ccccc1)CN1CCCN(Cc2ccccc2)CC1. The van der Waals surface area contributed by atoms with Crippen LogP contribution in [-0.2, 0) is 6.54 Å². The predicted octanol–water partition coefficient (Wildman–Crippen LogP) is 2.63. The first kappa shape index (κ1) is 17.9. The molecule has 0 saturated carbocycles. The predicted molar refractivity (Wildman–Crippen MR) is 101 cm³/mol. The van der Waals surface area contributed by atoms with Crippen molar-refractivity contribution in [1.82, 2.24) is 9.80 Å². The van der Waals surface area contributed by atoms with Crippen LogP contribution >= 0.6 is 0 Å². The highest BCUT2D eigenvalue weighted by molar-refractivity contribution is 5.20. The summed E-state index contributed by atoms with van der Waals surface area (Å²) in [7, 11) is 0. The van der Waals surface area contributed by atoms with E-state index in [0.29, 0.717) is 13.2 Å². The molecule has 134 valence electrons. The minimum Gasteiger partial charge on any atom is -0.491 e. The van der Waals surface area contributed by atoms with Crippen molar-refractivity contribution in [3.8, 4) is 5.75 Å². The largest absolute Gasteiger partial charge is 0.491 e. The zero-order valence-electron chi connectivity index (χ0n) is 14.8. The zero-order chi connectivity index (χ0) is 17.3. The molecule has 1 saturated heterocycles. The van der Waals surface area contributed by atoms with Gasteiger partial charge in [0.25, 0.3) is 0 Å². The summed E-state index contributed by atoms with van der Waals surface area (Å²) in [4.78, 5) is 4.85. The number of aliphatic hydroxyl groups is 1. The van der Waals surface area contributed by atoms with Gasteiger partial charge in [0.15, 0.2) is 0 Å². The molecule has 1 aliphatic heterocycles. The Morgan fingerprint density at radius 1 is 0.840 bits per heavy atom. The topological polar surface area (TPSA) is 35.9 Å². The number of benzene rings is 2. The lowest BCUT2D eigenvalue weighted by atomic mass is 10.2. The minimum absolute atomic E-state index is 0.342. The van der Waals surface area contributed by atoms with Crippen molar-refractivity contribution in [2.24, 2.45) is 0 Å². The van der Waals surface area contributed by atoms with Crippen LogP contribution in [0, 0.1) is 0 Å². The number of aliphatic hydroxyl groups excluding tert-OH is 1. The van der Waals surface area contributed by atoms with Gasteiger partial charge in [0.05, 0.1) is 0 Å². The third-order valence-corrected chi connectivity index (χ3v) is 4.58. The molecule has 0 amide bonds. The van der Waals surface area contributed by atoms with Crippen molar-refractivity contribution in [3.63, 3.8) is 0 Å². The van der Waals surface area contributed by atoms with Gasteiger partial charge in [0.2, 0.25) is 0 Å². The second kappa shape index (κ2) is 9.56. The van der Waals surface area contributed by atoms with E-state index in [1.54, 1.807) is 0 Å². The third-order valence-electron chi connectivity index (χ3n) is 4.58. The fourth-order valence-corrected chi connectivity index (χ4v) is 3.27.